The average molecular weight is 341 g/mol. The van der Waals surface area contributed by atoms with E-state index in [0.29, 0.717) is 23.4 Å². The molecule has 1 N–H and O–H groups in total. The van der Waals surface area contributed by atoms with Crippen molar-refractivity contribution in [3.05, 3.63) is 71.2 Å². The summed E-state index contributed by atoms with van der Waals surface area (Å²) in [5.41, 5.74) is 1.99. The molecule has 3 aromatic rings. The van der Waals surface area contributed by atoms with Gasteiger partial charge in [-0.1, -0.05) is 6.92 Å². The smallest absolute Gasteiger partial charge is 0.255 e. The van der Waals surface area contributed by atoms with E-state index in [1.165, 1.54) is 18.3 Å². The van der Waals surface area contributed by atoms with Crippen molar-refractivity contribution in [2.75, 3.05) is 0 Å². The Morgan fingerprint density at radius 2 is 2.00 bits per heavy atom. The lowest BCUT2D eigenvalue weighted by molar-refractivity contribution is 0.0934. The van der Waals surface area contributed by atoms with Crippen molar-refractivity contribution in [1.82, 2.24) is 15.1 Å². The van der Waals surface area contributed by atoms with Crippen molar-refractivity contribution in [3.63, 3.8) is 0 Å². The Morgan fingerprint density at radius 3 is 2.60 bits per heavy atom. The van der Waals surface area contributed by atoms with Crippen LogP contribution in [0.15, 0.2) is 47.0 Å². The van der Waals surface area contributed by atoms with E-state index in [1.807, 2.05) is 32.9 Å². The van der Waals surface area contributed by atoms with Crippen LogP contribution in [0.1, 0.15) is 47.5 Å². The Labute approximate surface area is 145 Å². The maximum absolute atomic E-state index is 13.1. The van der Waals surface area contributed by atoms with E-state index >= 15 is 0 Å². The third kappa shape index (κ3) is 3.47. The zero-order valence-corrected chi connectivity index (χ0v) is 14.4. The maximum atomic E-state index is 13.1. The Kier molecular flexibility index (Phi) is 4.70. The first-order valence-corrected chi connectivity index (χ1v) is 8.19. The van der Waals surface area contributed by atoms with Crippen LogP contribution in [-0.4, -0.2) is 15.7 Å². The molecule has 1 amide bonds. The zero-order chi connectivity index (χ0) is 18.0. The summed E-state index contributed by atoms with van der Waals surface area (Å²) in [6, 6.07) is 9.48. The Bertz CT molecular complexity index is 880. The van der Waals surface area contributed by atoms with Crippen LogP contribution in [0.25, 0.3) is 5.69 Å². The lowest BCUT2D eigenvalue weighted by atomic mass is 10.1. The minimum absolute atomic E-state index is 0.216. The predicted molar refractivity (Wildman–Crippen MR) is 92.2 cm³/mol. The van der Waals surface area contributed by atoms with E-state index in [1.54, 1.807) is 16.8 Å². The van der Waals surface area contributed by atoms with Crippen LogP contribution >= 0.6 is 0 Å². The molecular formula is C19H20FN3O2. The van der Waals surface area contributed by atoms with Gasteiger partial charge in [0, 0.05) is 0 Å². The molecule has 0 aliphatic heterocycles. The number of benzene rings is 1. The summed E-state index contributed by atoms with van der Waals surface area (Å²) in [7, 11) is 0. The SMILES string of the molecule is CCc1c(C(=O)NC(C)c2ccc(C)o2)cnn1-c1ccc(F)cc1. The molecule has 0 saturated heterocycles. The second-order valence-electron chi connectivity index (χ2n) is 5.89. The monoisotopic (exact) mass is 341 g/mol. The number of amides is 1. The minimum atomic E-state index is -0.311. The molecule has 6 heteroatoms. The lowest BCUT2D eigenvalue weighted by Crippen LogP contribution is -2.27. The van der Waals surface area contributed by atoms with E-state index in [9.17, 15) is 9.18 Å². The van der Waals surface area contributed by atoms with Gasteiger partial charge in [0.05, 0.1) is 29.2 Å². The molecular weight excluding hydrogens is 321 g/mol. The summed E-state index contributed by atoms with van der Waals surface area (Å²) in [4.78, 5) is 12.6. The number of rotatable bonds is 5. The first-order valence-electron chi connectivity index (χ1n) is 8.19. The van der Waals surface area contributed by atoms with Gasteiger partial charge in [-0.15, -0.1) is 0 Å². The number of furan rings is 1. The van der Waals surface area contributed by atoms with Gasteiger partial charge in [-0.05, 0) is 56.7 Å². The van der Waals surface area contributed by atoms with Crippen LogP contribution in [0.4, 0.5) is 4.39 Å². The summed E-state index contributed by atoms with van der Waals surface area (Å²) in [6.45, 7) is 5.68. The third-order valence-corrected chi connectivity index (χ3v) is 4.06. The number of nitrogens with zero attached hydrogens (tertiary/aromatic N) is 2. The van der Waals surface area contributed by atoms with Crippen molar-refractivity contribution < 1.29 is 13.6 Å². The number of aryl methyl sites for hydroxylation is 1. The molecule has 2 aromatic heterocycles. The Hall–Kier alpha value is -2.89. The molecule has 0 saturated carbocycles. The Balaban J connectivity index is 1.84. The van der Waals surface area contributed by atoms with Crippen molar-refractivity contribution in [1.29, 1.82) is 0 Å². The third-order valence-electron chi connectivity index (χ3n) is 4.06. The van der Waals surface area contributed by atoms with Crippen LogP contribution in [0.3, 0.4) is 0 Å². The van der Waals surface area contributed by atoms with E-state index in [2.05, 4.69) is 10.4 Å². The second-order valence-corrected chi connectivity index (χ2v) is 5.89. The molecule has 130 valence electrons. The fourth-order valence-electron chi connectivity index (χ4n) is 2.74. The number of carbonyl (C=O) groups is 1. The molecule has 0 aliphatic carbocycles. The molecule has 0 bridgehead atoms. The molecule has 0 fully saturated rings. The highest BCUT2D eigenvalue weighted by molar-refractivity contribution is 5.95. The first-order chi connectivity index (χ1) is 12.0. The van der Waals surface area contributed by atoms with Gasteiger partial charge in [0.1, 0.15) is 17.3 Å². The molecule has 5 nitrogen and oxygen atoms in total. The van der Waals surface area contributed by atoms with Gasteiger partial charge in [-0.25, -0.2) is 9.07 Å². The second kappa shape index (κ2) is 6.93. The minimum Gasteiger partial charge on any atom is -0.464 e. The standard InChI is InChI=1S/C19H20FN3O2/c1-4-17-16(11-21-23(17)15-8-6-14(20)7-9-15)19(24)22-13(3)18-10-5-12(2)25-18/h5-11,13H,4H2,1-3H3,(H,22,24). The highest BCUT2D eigenvalue weighted by Gasteiger charge is 2.20. The topological polar surface area (TPSA) is 60.1 Å². The van der Waals surface area contributed by atoms with Gasteiger partial charge in [0.25, 0.3) is 5.91 Å². The molecule has 1 aromatic carbocycles. The van der Waals surface area contributed by atoms with Crippen LogP contribution in [-0.2, 0) is 6.42 Å². The van der Waals surface area contributed by atoms with Gasteiger partial charge in [-0.2, -0.15) is 5.10 Å². The van der Waals surface area contributed by atoms with E-state index in [4.69, 9.17) is 4.42 Å². The highest BCUT2D eigenvalue weighted by atomic mass is 19.1. The number of hydrogen-bond donors (Lipinski definition) is 1. The van der Waals surface area contributed by atoms with Crippen LogP contribution in [0.2, 0.25) is 0 Å². The van der Waals surface area contributed by atoms with E-state index in [0.717, 1.165) is 11.5 Å². The number of halogens is 1. The predicted octanol–water partition coefficient (Wildman–Crippen LogP) is 3.97. The zero-order valence-electron chi connectivity index (χ0n) is 14.4. The summed E-state index contributed by atoms with van der Waals surface area (Å²) in [5.74, 6) is 0.977. The van der Waals surface area contributed by atoms with Gasteiger partial charge in [-0.3, -0.25) is 4.79 Å². The highest BCUT2D eigenvalue weighted by Crippen LogP contribution is 2.19. The van der Waals surface area contributed by atoms with Crippen LogP contribution < -0.4 is 5.32 Å². The quantitative estimate of drug-likeness (QED) is 0.764. The van der Waals surface area contributed by atoms with Crippen LogP contribution in [0, 0.1) is 12.7 Å². The molecule has 0 aliphatic rings. The number of hydrogen-bond acceptors (Lipinski definition) is 3. The molecule has 25 heavy (non-hydrogen) atoms. The molecule has 0 radical (unpaired) electrons. The van der Waals surface area contributed by atoms with Crippen molar-refractivity contribution in [2.24, 2.45) is 0 Å². The molecule has 1 unspecified atom stereocenters. The number of aromatic nitrogens is 2. The normalized spacial score (nSPS) is 12.2. The van der Waals surface area contributed by atoms with Crippen molar-refractivity contribution in [3.8, 4) is 5.69 Å². The summed E-state index contributed by atoms with van der Waals surface area (Å²) in [6.07, 6.45) is 2.16. The lowest BCUT2D eigenvalue weighted by Gasteiger charge is -2.12. The van der Waals surface area contributed by atoms with Gasteiger partial charge < -0.3 is 9.73 Å². The fraction of sp³-hybridized carbons (Fsp3) is 0.263. The van der Waals surface area contributed by atoms with Gasteiger partial charge >= 0.3 is 0 Å². The van der Waals surface area contributed by atoms with Crippen molar-refractivity contribution in [2.45, 2.75) is 33.2 Å². The molecule has 3 rings (SSSR count). The Morgan fingerprint density at radius 1 is 1.28 bits per heavy atom. The fourth-order valence-corrected chi connectivity index (χ4v) is 2.74. The number of carbonyl (C=O) groups excluding carboxylic acids is 1. The maximum Gasteiger partial charge on any atom is 0.255 e. The van der Waals surface area contributed by atoms with Gasteiger partial charge in [0.15, 0.2) is 0 Å². The van der Waals surface area contributed by atoms with E-state index in [-0.39, 0.29) is 17.8 Å². The average Bonchev–Trinajstić information content (AvgIpc) is 3.21. The summed E-state index contributed by atoms with van der Waals surface area (Å²) >= 11 is 0. The largest absolute Gasteiger partial charge is 0.464 e. The first kappa shape index (κ1) is 17.0. The van der Waals surface area contributed by atoms with Crippen LogP contribution in [0.5, 0.6) is 0 Å². The molecule has 1 atom stereocenters. The van der Waals surface area contributed by atoms with E-state index < -0.39 is 0 Å². The summed E-state index contributed by atoms with van der Waals surface area (Å²) in [5, 5.41) is 7.23. The molecule has 0 spiro atoms. The van der Waals surface area contributed by atoms with Crippen molar-refractivity contribution >= 4 is 5.91 Å². The van der Waals surface area contributed by atoms with Gasteiger partial charge in [0.2, 0.25) is 0 Å². The summed E-state index contributed by atoms with van der Waals surface area (Å²) < 4.78 is 20.3. The number of nitrogens with one attached hydrogen (secondary N) is 1. The molecule has 2 heterocycles.